The molecule has 2 N–H and O–H groups in total. The number of nitrogens with one attached hydrogen (secondary N) is 2. The van der Waals surface area contributed by atoms with E-state index in [0.717, 1.165) is 28.0 Å². The van der Waals surface area contributed by atoms with E-state index < -0.39 is 0 Å². The minimum atomic E-state index is 0.00387. The summed E-state index contributed by atoms with van der Waals surface area (Å²) in [7, 11) is 0. The largest absolute Gasteiger partial charge is 0.369 e. The highest BCUT2D eigenvalue weighted by Gasteiger charge is 2.08. The van der Waals surface area contributed by atoms with Crippen molar-refractivity contribution in [2.45, 2.75) is 26.3 Å². The Balaban J connectivity index is 1.51. The maximum atomic E-state index is 11.9. The Labute approximate surface area is 144 Å². The fourth-order valence-corrected chi connectivity index (χ4v) is 3.24. The predicted molar refractivity (Wildman–Crippen MR) is 96.0 cm³/mol. The smallest absolute Gasteiger partial charge is 0.222 e. The quantitative estimate of drug-likeness (QED) is 0.691. The Bertz CT molecular complexity index is 818. The molecule has 0 spiro atoms. The highest BCUT2D eigenvalue weighted by molar-refractivity contribution is 7.18. The summed E-state index contributed by atoms with van der Waals surface area (Å²) in [5.74, 6) is 0.794. The minimum absolute atomic E-state index is 0.00387. The van der Waals surface area contributed by atoms with Crippen LogP contribution in [0.3, 0.4) is 0 Å². The molecule has 3 heterocycles. The Kier molecular flexibility index (Phi) is 5.32. The lowest BCUT2D eigenvalue weighted by Crippen LogP contribution is -2.25. The number of anilines is 1. The molecule has 3 rings (SSSR count). The molecular weight excluding hydrogens is 322 g/mol. The first-order valence-corrected chi connectivity index (χ1v) is 8.71. The Morgan fingerprint density at radius 1 is 1.25 bits per heavy atom. The summed E-state index contributed by atoms with van der Waals surface area (Å²) < 4.78 is 0. The first-order valence-electron chi connectivity index (χ1n) is 7.89. The van der Waals surface area contributed by atoms with Gasteiger partial charge in [0.15, 0.2) is 0 Å². The van der Waals surface area contributed by atoms with Crippen LogP contribution in [0.2, 0.25) is 0 Å². The highest BCUT2D eigenvalue weighted by atomic mass is 32.1. The zero-order valence-electron chi connectivity index (χ0n) is 13.5. The molecule has 124 valence electrons. The van der Waals surface area contributed by atoms with Gasteiger partial charge in [-0.1, -0.05) is 6.92 Å². The number of thiophene rings is 1. The second-order valence-corrected chi connectivity index (χ2v) is 6.43. The number of aryl methyl sites for hydroxylation is 1. The van der Waals surface area contributed by atoms with E-state index in [1.54, 1.807) is 30.1 Å². The van der Waals surface area contributed by atoms with E-state index in [-0.39, 0.29) is 5.91 Å². The number of hydrogen-bond donors (Lipinski definition) is 2. The van der Waals surface area contributed by atoms with Crippen molar-refractivity contribution in [1.82, 2.24) is 20.3 Å². The van der Waals surface area contributed by atoms with Crippen molar-refractivity contribution >= 4 is 33.3 Å². The van der Waals surface area contributed by atoms with Crippen LogP contribution in [0.4, 0.5) is 5.82 Å². The van der Waals surface area contributed by atoms with Crippen molar-refractivity contribution in [2.24, 2.45) is 0 Å². The van der Waals surface area contributed by atoms with E-state index in [1.807, 2.05) is 12.1 Å². The van der Waals surface area contributed by atoms with Crippen LogP contribution in [0.1, 0.15) is 23.8 Å². The molecular formula is C17H19N5OS. The number of fused-ring (bicyclic) bond motifs is 1. The first kappa shape index (κ1) is 16.3. The zero-order valence-corrected chi connectivity index (χ0v) is 14.3. The molecule has 7 heteroatoms. The molecule has 0 bridgehead atoms. The van der Waals surface area contributed by atoms with Crippen LogP contribution < -0.4 is 10.6 Å². The van der Waals surface area contributed by atoms with Crippen molar-refractivity contribution < 1.29 is 4.79 Å². The fraction of sp³-hybridized carbons (Fsp3) is 0.294. The molecule has 0 aliphatic rings. The third-order valence-corrected chi connectivity index (χ3v) is 4.80. The number of nitrogens with zero attached hydrogens (tertiary/aromatic N) is 3. The van der Waals surface area contributed by atoms with Gasteiger partial charge in [0.1, 0.15) is 17.0 Å². The minimum Gasteiger partial charge on any atom is -0.369 e. The van der Waals surface area contributed by atoms with Crippen molar-refractivity contribution in [2.75, 3.05) is 11.9 Å². The summed E-state index contributed by atoms with van der Waals surface area (Å²) in [6.07, 6.45) is 6.37. The maximum absolute atomic E-state index is 11.9. The number of amides is 1. The summed E-state index contributed by atoms with van der Waals surface area (Å²) in [5, 5.41) is 7.16. The van der Waals surface area contributed by atoms with Gasteiger partial charge in [-0.15, -0.1) is 11.3 Å². The average Bonchev–Trinajstić information content (AvgIpc) is 3.05. The second-order valence-electron chi connectivity index (χ2n) is 5.32. The average molecular weight is 341 g/mol. The molecule has 3 aromatic heterocycles. The zero-order chi connectivity index (χ0) is 16.8. The van der Waals surface area contributed by atoms with Crippen molar-refractivity contribution in [3.05, 3.63) is 47.4 Å². The van der Waals surface area contributed by atoms with Crippen LogP contribution in [0.25, 0.3) is 10.2 Å². The maximum Gasteiger partial charge on any atom is 0.222 e. The van der Waals surface area contributed by atoms with Gasteiger partial charge in [0.25, 0.3) is 0 Å². The SMILES string of the molecule is CCc1cc2c(NCCC(=O)NCc3ccncc3)ncnc2s1. The number of pyridine rings is 1. The van der Waals surface area contributed by atoms with Gasteiger partial charge in [0.05, 0.1) is 5.39 Å². The van der Waals surface area contributed by atoms with Gasteiger partial charge < -0.3 is 10.6 Å². The Hall–Kier alpha value is -2.54. The van der Waals surface area contributed by atoms with Crippen LogP contribution in [0.15, 0.2) is 36.9 Å². The van der Waals surface area contributed by atoms with Crippen LogP contribution in [-0.4, -0.2) is 27.4 Å². The molecule has 24 heavy (non-hydrogen) atoms. The topological polar surface area (TPSA) is 79.8 Å². The fourth-order valence-electron chi connectivity index (χ4n) is 2.30. The van der Waals surface area contributed by atoms with Gasteiger partial charge in [0, 0.05) is 36.8 Å². The lowest BCUT2D eigenvalue weighted by atomic mass is 10.2. The summed E-state index contributed by atoms with van der Waals surface area (Å²) in [5.41, 5.74) is 1.04. The molecule has 0 fully saturated rings. The molecule has 3 aromatic rings. The number of hydrogen-bond acceptors (Lipinski definition) is 6. The van der Waals surface area contributed by atoms with E-state index >= 15 is 0 Å². The standard InChI is InChI=1S/C17H19N5OS/c1-2-13-9-14-16(21-11-22-17(14)24-13)19-8-5-15(23)20-10-12-3-6-18-7-4-12/h3-4,6-7,9,11H,2,5,8,10H2,1H3,(H,20,23)(H,19,21,22). The number of rotatable bonds is 7. The number of carbonyl (C=O) groups is 1. The van der Waals surface area contributed by atoms with Crippen LogP contribution >= 0.6 is 11.3 Å². The second kappa shape index (κ2) is 7.83. The summed E-state index contributed by atoms with van der Waals surface area (Å²) in [4.78, 5) is 26.7. The summed E-state index contributed by atoms with van der Waals surface area (Å²) in [6, 6.07) is 5.89. The third-order valence-electron chi connectivity index (χ3n) is 3.61. The molecule has 0 saturated carbocycles. The highest BCUT2D eigenvalue weighted by Crippen LogP contribution is 2.28. The van der Waals surface area contributed by atoms with E-state index in [1.165, 1.54) is 4.88 Å². The molecule has 0 aliphatic heterocycles. The van der Waals surface area contributed by atoms with Crippen LogP contribution in [0, 0.1) is 0 Å². The van der Waals surface area contributed by atoms with Crippen LogP contribution in [-0.2, 0) is 17.8 Å². The van der Waals surface area contributed by atoms with Crippen molar-refractivity contribution in [3.63, 3.8) is 0 Å². The lowest BCUT2D eigenvalue weighted by molar-refractivity contribution is -0.121. The molecule has 0 atom stereocenters. The number of aromatic nitrogens is 3. The normalized spacial score (nSPS) is 10.7. The van der Waals surface area contributed by atoms with Crippen LogP contribution in [0.5, 0.6) is 0 Å². The Morgan fingerprint density at radius 2 is 2.08 bits per heavy atom. The molecule has 0 saturated heterocycles. The van der Waals surface area contributed by atoms with Gasteiger partial charge in [-0.3, -0.25) is 9.78 Å². The molecule has 0 radical (unpaired) electrons. The lowest BCUT2D eigenvalue weighted by Gasteiger charge is -2.07. The van der Waals surface area contributed by atoms with E-state index in [9.17, 15) is 4.79 Å². The number of carbonyl (C=O) groups excluding carboxylic acids is 1. The van der Waals surface area contributed by atoms with Crippen molar-refractivity contribution in [1.29, 1.82) is 0 Å². The van der Waals surface area contributed by atoms with E-state index in [2.05, 4.69) is 38.6 Å². The molecule has 6 nitrogen and oxygen atoms in total. The molecule has 0 aliphatic carbocycles. The van der Waals surface area contributed by atoms with Gasteiger partial charge in [-0.25, -0.2) is 9.97 Å². The van der Waals surface area contributed by atoms with E-state index in [0.29, 0.717) is 19.5 Å². The van der Waals surface area contributed by atoms with E-state index in [4.69, 9.17) is 0 Å². The molecule has 1 amide bonds. The van der Waals surface area contributed by atoms with Gasteiger partial charge in [-0.05, 0) is 30.2 Å². The summed E-state index contributed by atoms with van der Waals surface area (Å²) in [6.45, 7) is 3.17. The van der Waals surface area contributed by atoms with Gasteiger partial charge >= 0.3 is 0 Å². The predicted octanol–water partition coefficient (Wildman–Crippen LogP) is 2.77. The van der Waals surface area contributed by atoms with Gasteiger partial charge in [0.2, 0.25) is 5.91 Å². The molecule has 0 aromatic carbocycles. The summed E-state index contributed by atoms with van der Waals surface area (Å²) >= 11 is 1.68. The monoisotopic (exact) mass is 341 g/mol. The first-order chi connectivity index (χ1) is 11.8. The van der Waals surface area contributed by atoms with Gasteiger partial charge in [-0.2, -0.15) is 0 Å². The third kappa shape index (κ3) is 4.05. The Morgan fingerprint density at radius 3 is 2.88 bits per heavy atom. The van der Waals surface area contributed by atoms with Crippen molar-refractivity contribution in [3.8, 4) is 0 Å². The molecule has 0 unspecified atom stereocenters.